The Hall–Kier alpha value is -2.73. The molecule has 2 amide bonds. The Balaban J connectivity index is 1.53. The molecule has 2 aromatic rings. The van der Waals surface area contributed by atoms with E-state index in [4.69, 9.17) is 4.74 Å². The van der Waals surface area contributed by atoms with Gasteiger partial charge in [-0.1, -0.05) is 49.6 Å². The van der Waals surface area contributed by atoms with Gasteiger partial charge in [-0.15, -0.1) is 0 Å². The second kappa shape index (κ2) is 10.3. The number of hydrogen-bond acceptors (Lipinski definition) is 4. The molecule has 1 aromatic carbocycles. The van der Waals surface area contributed by atoms with Crippen molar-refractivity contribution in [1.82, 2.24) is 15.2 Å². The smallest absolute Gasteiger partial charge is 0.254 e. The van der Waals surface area contributed by atoms with Gasteiger partial charge in [0.25, 0.3) is 5.91 Å². The van der Waals surface area contributed by atoms with Crippen LogP contribution in [0.5, 0.6) is 0 Å². The lowest BCUT2D eigenvalue weighted by Gasteiger charge is -2.43. The largest absolute Gasteiger partial charge is 0.361 e. The Bertz CT molecular complexity index is 910. The van der Waals surface area contributed by atoms with E-state index in [1.165, 1.54) is 6.42 Å². The summed E-state index contributed by atoms with van der Waals surface area (Å²) in [6.45, 7) is 3.67. The number of aromatic nitrogens is 1. The van der Waals surface area contributed by atoms with Gasteiger partial charge in [0.05, 0.1) is 13.2 Å². The van der Waals surface area contributed by atoms with Crippen molar-refractivity contribution in [3.63, 3.8) is 0 Å². The van der Waals surface area contributed by atoms with Crippen LogP contribution in [0.4, 0.5) is 0 Å². The summed E-state index contributed by atoms with van der Waals surface area (Å²) in [6.07, 6.45) is 9.39. The zero-order chi connectivity index (χ0) is 22.4. The summed E-state index contributed by atoms with van der Waals surface area (Å²) < 4.78 is 6.15. The fourth-order valence-corrected chi connectivity index (χ4v) is 4.90. The van der Waals surface area contributed by atoms with Crippen LogP contribution in [-0.2, 0) is 20.7 Å². The van der Waals surface area contributed by atoms with E-state index in [9.17, 15) is 9.59 Å². The average molecular weight is 436 g/mol. The first-order chi connectivity index (χ1) is 15.6. The minimum Gasteiger partial charge on any atom is -0.361 e. The van der Waals surface area contributed by atoms with Crippen molar-refractivity contribution in [2.24, 2.45) is 5.92 Å². The van der Waals surface area contributed by atoms with E-state index in [1.54, 1.807) is 6.20 Å². The molecule has 6 nitrogen and oxygen atoms in total. The first-order valence-electron chi connectivity index (χ1n) is 11.8. The Labute approximate surface area is 190 Å². The fourth-order valence-electron chi connectivity index (χ4n) is 4.90. The first kappa shape index (κ1) is 22.5. The minimum atomic E-state index is -1.06. The van der Waals surface area contributed by atoms with E-state index in [0.717, 1.165) is 42.4 Å². The molecule has 1 N–H and O–H groups in total. The Morgan fingerprint density at radius 3 is 2.59 bits per heavy atom. The van der Waals surface area contributed by atoms with Crippen LogP contribution in [0.2, 0.25) is 0 Å². The second-order valence-corrected chi connectivity index (χ2v) is 8.91. The molecule has 170 valence electrons. The lowest BCUT2D eigenvalue weighted by atomic mass is 9.86. The Kier molecular flexibility index (Phi) is 7.20. The monoisotopic (exact) mass is 435 g/mol. The highest BCUT2D eigenvalue weighted by molar-refractivity contribution is 5.87. The molecule has 2 heterocycles. The van der Waals surface area contributed by atoms with Crippen LogP contribution in [0, 0.1) is 5.92 Å². The Morgan fingerprint density at radius 2 is 1.91 bits per heavy atom. The third-order valence-electron chi connectivity index (χ3n) is 6.64. The maximum Gasteiger partial charge on any atom is 0.254 e. The highest BCUT2D eigenvalue weighted by Gasteiger charge is 2.45. The number of pyridine rings is 1. The molecule has 1 saturated heterocycles. The van der Waals surface area contributed by atoms with Crippen LogP contribution in [0.15, 0.2) is 48.8 Å². The number of carbonyl (C=O) groups is 2. The number of amides is 2. The maximum absolute atomic E-state index is 13.2. The van der Waals surface area contributed by atoms with E-state index >= 15 is 0 Å². The number of morpholine rings is 1. The number of nitrogens with zero attached hydrogens (tertiary/aromatic N) is 2. The van der Waals surface area contributed by atoms with Crippen molar-refractivity contribution in [1.29, 1.82) is 0 Å². The molecule has 0 spiro atoms. The summed E-state index contributed by atoms with van der Waals surface area (Å²) in [7, 11) is 0. The SMILES string of the molecule is CCNC(=O)C1(Cc2ccc(-c3cccnc3)cc2)CN(C(=O)C2CCCCC2)CCO1. The van der Waals surface area contributed by atoms with Crippen LogP contribution in [0.1, 0.15) is 44.6 Å². The molecule has 1 aliphatic carbocycles. The number of ether oxygens (including phenoxy) is 1. The van der Waals surface area contributed by atoms with E-state index in [1.807, 2.05) is 54.4 Å². The number of nitrogens with one attached hydrogen (secondary N) is 1. The molecule has 6 heteroatoms. The van der Waals surface area contributed by atoms with Crippen LogP contribution < -0.4 is 5.32 Å². The highest BCUT2D eigenvalue weighted by Crippen LogP contribution is 2.30. The van der Waals surface area contributed by atoms with Crippen molar-refractivity contribution in [3.05, 3.63) is 54.4 Å². The van der Waals surface area contributed by atoms with Crippen molar-refractivity contribution in [2.75, 3.05) is 26.2 Å². The predicted molar refractivity (Wildman–Crippen MR) is 124 cm³/mol. The molecule has 0 bridgehead atoms. The fraction of sp³-hybridized carbons (Fsp3) is 0.500. The highest BCUT2D eigenvalue weighted by atomic mass is 16.5. The van der Waals surface area contributed by atoms with Gasteiger partial charge in [0.1, 0.15) is 0 Å². The van der Waals surface area contributed by atoms with Crippen molar-refractivity contribution < 1.29 is 14.3 Å². The predicted octanol–water partition coefficient (Wildman–Crippen LogP) is 3.61. The molecule has 2 aliphatic rings. The molecule has 1 aromatic heterocycles. The molecule has 1 saturated carbocycles. The van der Waals surface area contributed by atoms with Gasteiger partial charge in [-0.05, 0) is 42.5 Å². The van der Waals surface area contributed by atoms with Gasteiger partial charge in [-0.25, -0.2) is 0 Å². The number of benzene rings is 1. The number of likely N-dealkylation sites (N-methyl/N-ethyl adjacent to an activating group) is 1. The first-order valence-corrected chi connectivity index (χ1v) is 11.8. The van der Waals surface area contributed by atoms with Crippen LogP contribution in [0.3, 0.4) is 0 Å². The van der Waals surface area contributed by atoms with E-state index in [0.29, 0.717) is 32.7 Å². The molecule has 0 radical (unpaired) electrons. The van der Waals surface area contributed by atoms with Gasteiger partial charge in [0.15, 0.2) is 5.60 Å². The van der Waals surface area contributed by atoms with Gasteiger partial charge < -0.3 is 15.0 Å². The van der Waals surface area contributed by atoms with Crippen LogP contribution in [0.25, 0.3) is 11.1 Å². The summed E-state index contributed by atoms with van der Waals surface area (Å²) in [4.78, 5) is 32.4. The quantitative estimate of drug-likeness (QED) is 0.753. The summed E-state index contributed by atoms with van der Waals surface area (Å²) in [5.74, 6) is 0.138. The Morgan fingerprint density at radius 1 is 1.12 bits per heavy atom. The average Bonchev–Trinajstić information content (AvgIpc) is 2.85. The normalized spacial score (nSPS) is 21.8. The van der Waals surface area contributed by atoms with Gasteiger partial charge in [0.2, 0.25) is 5.91 Å². The maximum atomic E-state index is 13.2. The molecular formula is C26H33N3O3. The molecule has 1 atom stereocenters. The number of hydrogen-bond donors (Lipinski definition) is 1. The summed E-state index contributed by atoms with van der Waals surface area (Å²) in [6, 6.07) is 12.1. The van der Waals surface area contributed by atoms with E-state index < -0.39 is 5.60 Å². The van der Waals surface area contributed by atoms with E-state index in [-0.39, 0.29) is 17.7 Å². The molecule has 1 aliphatic heterocycles. The third-order valence-corrected chi connectivity index (χ3v) is 6.64. The van der Waals surface area contributed by atoms with Gasteiger partial charge in [-0.3, -0.25) is 14.6 Å². The zero-order valence-electron chi connectivity index (χ0n) is 18.9. The van der Waals surface area contributed by atoms with Crippen LogP contribution in [-0.4, -0.2) is 53.5 Å². The lowest BCUT2D eigenvalue weighted by molar-refractivity contribution is -0.168. The summed E-state index contributed by atoms with van der Waals surface area (Å²) in [5, 5.41) is 2.94. The topological polar surface area (TPSA) is 71.5 Å². The van der Waals surface area contributed by atoms with Crippen LogP contribution >= 0.6 is 0 Å². The van der Waals surface area contributed by atoms with E-state index in [2.05, 4.69) is 10.3 Å². The number of carbonyl (C=O) groups excluding carboxylic acids is 2. The third kappa shape index (κ3) is 5.01. The zero-order valence-corrected chi connectivity index (χ0v) is 18.9. The van der Waals surface area contributed by atoms with Crippen molar-refractivity contribution in [2.45, 2.75) is 51.0 Å². The standard InChI is InChI=1S/C26H33N3O3/c1-2-28-25(31)26(17-20-10-12-21(13-11-20)23-9-6-14-27-18-23)19-29(15-16-32-26)24(30)22-7-4-3-5-8-22/h6,9-14,18,22H,2-5,7-8,15-17,19H2,1H3,(H,28,31). The summed E-state index contributed by atoms with van der Waals surface area (Å²) >= 11 is 0. The van der Waals surface area contributed by atoms with Crippen molar-refractivity contribution >= 4 is 11.8 Å². The molecule has 1 unspecified atom stereocenters. The van der Waals surface area contributed by atoms with Crippen molar-refractivity contribution in [3.8, 4) is 11.1 Å². The van der Waals surface area contributed by atoms with Gasteiger partial charge in [-0.2, -0.15) is 0 Å². The van der Waals surface area contributed by atoms with Gasteiger partial charge in [0, 0.05) is 37.8 Å². The molecule has 32 heavy (non-hydrogen) atoms. The molecule has 4 rings (SSSR count). The number of rotatable bonds is 6. The van der Waals surface area contributed by atoms with Gasteiger partial charge >= 0.3 is 0 Å². The molecular weight excluding hydrogens is 402 g/mol. The lowest BCUT2D eigenvalue weighted by Crippen LogP contribution is -2.62. The summed E-state index contributed by atoms with van der Waals surface area (Å²) in [5.41, 5.74) is 2.08. The minimum absolute atomic E-state index is 0.0903. The second-order valence-electron chi connectivity index (χ2n) is 8.91. The molecule has 2 fully saturated rings.